The van der Waals surface area contributed by atoms with Crippen molar-refractivity contribution in [3.63, 3.8) is 0 Å². The Bertz CT molecular complexity index is 1320. The maximum absolute atomic E-state index is 14.1. The first-order valence-corrected chi connectivity index (χ1v) is 15.6. The molecule has 0 aliphatic carbocycles. The Hall–Kier alpha value is -2.93. The van der Waals surface area contributed by atoms with Crippen LogP contribution in [0.25, 0.3) is 10.8 Å². The lowest BCUT2D eigenvalue weighted by Crippen LogP contribution is -2.54. The van der Waals surface area contributed by atoms with Crippen molar-refractivity contribution < 1.29 is 9.59 Å². The molecular formula is C34H43ClN4O2. The zero-order valence-electron chi connectivity index (χ0n) is 24.3. The Morgan fingerprint density at radius 2 is 1.71 bits per heavy atom. The monoisotopic (exact) mass is 574 g/mol. The fraction of sp³-hybridized carbons (Fsp3) is 0.471. The lowest BCUT2D eigenvalue weighted by Gasteiger charge is -2.37. The van der Waals surface area contributed by atoms with Gasteiger partial charge >= 0.3 is 0 Å². The van der Waals surface area contributed by atoms with Crippen LogP contribution in [0, 0.1) is 5.92 Å². The molecule has 0 bridgehead atoms. The number of piperidine rings is 1. The molecule has 2 amide bonds. The molecule has 6 nitrogen and oxygen atoms in total. The highest BCUT2D eigenvalue weighted by Gasteiger charge is 2.38. The van der Waals surface area contributed by atoms with Gasteiger partial charge in [-0.05, 0) is 91.8 Å². The summed E-state index contributed by atoms with van der Waals surface area (Å²) in [4.78, 5) is 31.8. The van der Waals surface area contributed by atoms with Crippen LogP contribution in [0.3, 0.4) is 0 Å². The fourth-order valence-electron chi connectivity index (χ4n) is 6.45. The second kappa shape index (κ2) is 13.8. The molecule has 0 spiro atoms. The topological polar surface area (TPSA) is 64.7 Å². The summed E-state index contributed by atoms with van der Waals surface area (Å²) in [7, 11) is 0. The van der Waals surface area contributed by atoms with Crippen LogP contribution >= 0.6 is 11.6 Å². The Morgan fingerprint density at radius 3 is 2.44 bits per heavy atom. The van der Waals surface area contributed by atoms with Gasteiger partial charge in [0.15, 0.2) is 0 Å². The van der Waals surface area contributed by atoms with Crippen LogP contribution in [0.2, 0.25) is 5.02 Å². The normalized spacial score (nSPS) is 21.5. The first-order chi connectivity index (χ1) is 19.9. The number of benzene rings is 3. The van der Waals surface area contributed by atoms with Gasteiger partial charge in [0.25, 0.3) is 5.91 Å². The molecule has 5 rings (SSSR count). The average molecular weight is 575 g/mol. The minimum atomic E-state index is -0.225. The molecule has 2 N–H and O–H groups in total. The van der Waals surface area contributed by atoms with Crippen LogP contribution in [0.4, 0.5) is 0 Å². The molecule has 3 atom stereocenters. The Kier molecular flexibility index (Phi) is 9.97. The van der Waals surface area contributed by atoms with E-state index in [-0.39, 0.29) is 23.9 Å². The van der Waals surface area contributed by atoms with Gasteiger partial charge in [-0.3, -0.25) is 9.59 Å². The first kappa shape index (κ1) is 29.6. The molecule has 0 aromatic heterocycles. The molecule has 7 heteroatoms. The summed E-state index contributed by atoms with van der Waals surface area (Å²) in [6, 6.07) is 21.7. The number of likely N-dealkylation sites (tertiary alicyclic amines) is 1. The Balaban J connectivity index is 1.29. The maximum Gasteiger partial charge on any atom is 0.251 e. The van der Waals surface area contributed by atoms with E-state index < -0.39 is 0 Å². The van der Waals surface area contributed by atoms with E-state index in [0.29, 0.717) is 35.5 Å². The third-order valence-corrected chi connectivity index (χ3v) is 9.30. The number of hydrogen-bond acceptors (Lipinski definition) is 4. The van der Waals surface area contributed by atoms with Crippen molar-refractivity contribution in [1.29, 1.82) is 0 Å². The highest BCUT2D eigenvalue weighted by atomic mass is 35.5. The van der Waals surface area contributed by atoms with Crippen molar-refractivity contribution in [2.45, 2.75) is 57.5 Å². The van der Waals surface area contributed by atoms with Gasteiger partial charge in [-0.15, -0.1) is 0 Å². The highest BCUT2D eigenvalue weighted by Crippen LogP contribution is 2.27. The maximum atomic E-state index is 14.1. The smallest absolute Gasteiger partial charge is 0.251 e. The van der Waals surface area contributed by atoms with Crippen LogP contribution in [0.1, 0.15) is 61.4 Å². The predicted octanol–water partition coefficient (Wildman–Crippen LogP) is 5.71. The van der Waals surface area contributed by atoms with Crippen LogP contribution in [0.15, 0.2) is 66.7 Å². The predicted molar refractivity (Wildman–Crippen MR) is 168 cm³/mol. The van der Waals surface area contributed by atoms with Gasteiger partial charge in [-0.2, -0.15) is 0 Å². The van der Waals surface area contributed by atoms with Crippen LogP contribution in [-0.2, 0) is 4.79 Å². The fourth-order valence-corrected chi connectivity index (χ4v) is 6.63. The number of hydrogen-bond donors (Lipinski definition) is 2. The van der Waals surface area contributed by atoms with Crippen molar-refractivity contribution in [2.24, 2.45) is 5.92 Å². The number of carbonyl (C=O) groups excluding carboxylic acids is 2. The number of halogens is 1. The van der Waals surface area contributed by atoms with Crippen LogP contribution < -0.4 is 10.6 Å². The van der Waals surface area contributed by atoms with Crippen molar-refractivity contribution in [1.82, 2.24) is 20.4 Å². The second-order valence-electron chi connectivity index (χ2n) is 11.6. The number of rotatable bonds is 9. The van der Waals surface area contributed by atoms with E-state index >= 15 is 0 Å². The standard InChI is InChI=1S/C34H43ClN4O2/c1-3-24(25-8-6-5-7-9-25)23-39-19-16-31(37-32(34(39)41)26-14-17-38(4-2)18-15-26)22-36-33(40)29-11-10-28-21-30(35)13-12-27(28)20-29/h5-13,20-21,24,26,31-32,37H,3-4,14-19,22-23H2,1-2H3,(H,36,40). The van der Waals surface area contributed by atoms with Crippen molar-refractivity contribution in [3.05, 3.63) is 82.9 Å². The van der Waals surface area contributed by atoms with E-state index in [0.717, 1.165) is 62.6 Å². The van der Waals surface area contributed by atoms with E-state index in [1.807, 2.05) is 42.5 Å². The van der Waals surface area contributed by atoms with Gasteiger partial charge in [0.2, 0.25) is 5.91 Å². The average Bonchev–Trinajstić information content (AvgIpc) is 3.17. The van der Waals surface area contributed by atoms with Gasteiger partial charge in [0, 0.05) is 42.2 Å². The minimum Gasteiger partial charge on any atom is -0.350 e. The number of nitrogens with one attached hydrogen (secondary N) is 2. The van der Waals surface area contributed by atoms with Crippen molar-refractivity contribution in [3.8, 4) is 0 Å². The highest BCUT2D eigenvalue weighted by molar-refractivity contribution is 6.31. The summed E-state index contributed by atoms with van der Waals surface area (Å²) in [6.45, 7) is 9.42. The Labute approximate surface area is 249 Å². The van der Waals surface area contributed by atoms with Crippen LogP contribution in [0.5, 0.6) is 0 Å². The molecule has 41 heavy (non-hydrogen) atoms. The van der Waals surface area contributed by atoms with Gasteiger partial charge < -0.3 is 20.4 Å². The largest absolute Gasteiger partial charge is 0.350 e. The molecule has 0 saturated carbocycles. The summed E-state index contributed by atoms with van der Waals surface area (Å²) >= 11 is 6.12. The molecule has 2 heterocycles. The molecule has 2 saturated heterocycles. The van der Waals surface area contributed by atoms with Gasteiger partial charge in [-0.25, -0.2) is 0 Å². The number of amides is 2. The third-order valence-electron chi connectivity index (χ3n) is 9.07. The summed E-state index contributed by atoms with van der Waals surface area (Å²) in [5.74, 6) is 0.727. The zero-order valence-corrected chi connectivity index (χ0v) is 25.1. The van der Waals surface area contributed by atoms with E-state index in [9.17, 15) is 9.59 Å². The molecule has 0 radical (unpaired) electrons. The lowest BCUT2D eigenvalue weighted by atomic mass is 9.88. The minimum absolute atomic E-state index is 0.0261. The van der Waals surface area contributed by atoms with Gasteiger partial charge in [0.05, 0.1) is 6.04 Å². The number of fused-ring (bicyclic) bond motifs is 1. The quantitative estimate of drug-likeness (QED) is 0.344. The van der Waals surface area contributed by atoms with Gasteiger partial charge in [0.1, 0.15) is 0 Å². The summed E-state index contributed by atoms with van der Waals surface area (Å²) in [5, 5.41) is 9.56. The van der Waals surface area contributed by atoms with E-state index in [1.165, 1.54) is 5.56 Å². The van der Waals surface area contributed by atoms with Crippen molar-refractivity contribution in [2.75, 3.05) is 39.3 Å². The number of carbonyl (C=O) groups is 2. The molecule has 3 aromatic rings. The molecule has 3 aromatic carbocycles. The number of nitrogens with zero attached hydrogens (tertiary/aromatic N) is 2. The summed E-state index contributed by atoms with van der Waals surface area (Å²) in [6.07, 6.45) is 3.82. The lowest BCUT2D eigenvalue weighted by molar-refractivity contribution is -0.134. The molecule has 2 fully saturated rings. The summed E-state index contributed by atoms with van der Waals surface area (Å²) in [5.41, 5.74) is 1.91. The SMILES string of the molecule is CCC(CN1CCC(CNC(=O)c2ccc3cc(Cl)ccc3c2)NC(C2CCN(CC)CC2)C1=O)c1ccccc1. The van der Waals surface area contributed by atoms with E-state index in [4.69, 9.17) is 11.6 Å². The van der Waals surface area contributed by atoms with Crippen molar-refractivity contribution >= 4 is 34.2 Å². The third kappa shape index (κ3) is 7.29. The molecule has 3 unspecified atom stereocenters. The Morgan fingerprint density at radius 1 is 0.976 bits per heavy atom. The molecular weight excluding hydrogens is 532 g/mol. The second-order valence-corrected chi connectivity index (χ2v) is 12.1. The van der Waals surface area contributed by atoms with E-state index in [2.05, 4.69) is 58.5 Å². The van der Waals surface area contributed by atoms with Crippen LogP contribution in [-0.4, -0.2) is 73.0 Å². The summed E-state index contributed by atoms with van der Waals surface area (Å²) < 4.78 is 0. The van der Waals surface area contributed by atoms with Gasteiger partial charge in [-0.1, -0.05) is 67.9 Å². The molecule has 218 valence electrons. The molecule has 2 aliphatic rings. The zero-order chi connectivity index (χ0) is 28.8. The van der Waals surface area contributed by atoms with E-state index in [1.54, 1.807) is 0 Å². The molecule has 2 aliphatic heterocycles. The first-order valence-electron chi connectivity index (χ1n) is 15.2.